The first-order valence-electron chi connectivity index (χ1n) is 7.41. The van der Waals surface area contributed by atoms with Crippen molar-refractivity contribution in [2.75, 3.05) is 26.7 Å². The highest BCUT2D eigenvalue weighted by Crippen LogP contribution is 2.18. The highest BCUT2D eigenvalue weighted by atomic mass is 16.6. The quantitative estimate of drug-likeness (QED) is 0.736. The monoisotopic (exact) mass is 270 g/mol. The molecule has 112 valence electrons. The lowest BCUT2D eigenvalue weighted by Crippen LogP contribution is -2.49. The van der Waals surface area contributed by atoms with E-state index in [-0.39, 0.29) is 12.0 Å². The van der Waals surface area contributed by atoms with E-state index in [1.54, 1.807) is 0 Å². The molecule has 0 amide bonds. The first kappa shape index (κ1) is 16.4. The number of carbonyl (C=O) groups is 1. The number of carbonyl (C=O) groups excluding carboxylic acids is 1. The molecule has 19 heavy (non-hydrogen) atoms. The van der Waals surface area contributed by atoms with Crippen LogP contribution in [0.5, 0.6) is 0 Å². The van der Waals surface area contributed by atoms with E-state index in [4.69, 9.17) is 4.74 Å². The first-order valence-corrected chi connectivity index (χ1v) is 7.41. The lowest BCUT2D eigenvalue weighted by atomic mass is 10.1. The average Bonchev–Trinajstić information content (AvgIpc) is 2.47. The Hall–Kier alpha value is -0.610. The second-order valence-electron chi connectivity index (χ2n) is 6.63. The van der Waals surface area contributed by atoms with E-state index in [0.29, 0.717) is 6.04 Å². The van der Waals surface area contributed by atoms with Gasteiger partial charge in [-0.3, -0.25) is 9.69 Å². The summed E-state index contributed by atoms with van der Waals surface area (Å²) in [7, 11) is 2.16. The minimum Gasteiger partial charge on any atom is -0.459 e. The number of ether oxygens (including phenoxy) is 1. The molecular weight excluding hydrogens is 240 g/mol. The lowest BCUT2D eigenvalue weighted by molar-refractivity contribution is -0.161. The van der Waals surface area contributed by atoms with Crippen molar-refractivity contribution < 1.29 is 9.53 Å². The van der Waals surface area contributed by atoms with Gasteiger partial charge in [-0.1, -0.05) is 6.92 Å². The molecule has 0 spiro atoms. The zero-order chi connectivity index (χ0) is 14.6. The number of hydrogen-bond acceptors (Lipinski definition) is 4. The molecule has 0 saturated carbocycles. The molecule has 0 aromatic rings. The zero-order valence-corrected chi connectivity index (χ0v) is 13.4. The largest absolute Gasteiger partial charge is 0.459 e. The van der Waals surface area contributed by atoms with Crippen molar-refractivity contribution in [3.8, 4) is 0 Å². The second kappa shape index (κ2) is 6.71. The van der Waals surface area contributed by atoms with Crippen molar-refractivity contribution in [1.29, 1.82) is 0 Å². The fourth-order valence-corrected chi connectivity index (χ4v) is 2.66. The highest BCUT2D eigenvalue weighted by molar-refractivity contribution is 5.75. The van der Waals surface area contributed by atoms with Crippen molar-refractivity contribution >= 4 is 5.97 Å². The molecule has 2 atom stereocenters. The zero-order valence-electron chi connectivity index (χ0n) is 13.4. The van der Waals surface area contributed by atoms with Gasteiger partial charge in [-0.2, -0.15) is 0 Å². The molecule has 0 aliphatic carbocycles. The Bertz CT molecular complexity index is 299. The van der Waals surface area contributed by atoms with Gasteiger partial charge in [0.2, 0.25) is 0 Å². The smallest absolute Gasteiger partial charge is 0.323 e. The molecule has 1 aliphatic heterocycles. The van der Waals surface area contributed by atoms with Crippen LogP contribution in [0.25, 0.3) is 0 Å². The molecule has 0 bridgehead atoms. The van der Waals surface area contributed by atoms with Crippen LogP contribution in [0.2, 0.25) is 0 Å². The van der Waals surface area contributed by atoms with Crippen molar-refractivity contribution in [1.82, 2.24) is 9.80 Å². The summed E-state index contributed by atoms with van der Waals surface area (Å²) < 4.78 is 5.52. The van der Waals surface area contributed by atoms with Crippen molar-refractivity contribution in [2.45, 2.75) is 65.1 Å². The molecule has 1 aliphatic rings. The van der Waals surface area contributed by atoms with Gasteiger partial charge in [0.1, 0.15) is 11.6 Å². The summed E-state index contributed by atoms with van der Waals surface area (Å²) in [6.07, 6.45) is 2.18. The molecule has 1 saturated heterocycles. The molecule has 0 aromatic carbocycles. The minimum absolute atomic E-state index is 0.101. The van der Waals surface area contributed by atoms with E-state index in [2.05, 4.69) is 23.8 Å². The highest BCUT2D eigenvalue weighted by Gasteiger charge is 2.32. The van der Waals surface area contributed by atoms with E-state index in [9.17, 15) is 4.79 Å². The summed E-state index contributed by atoms with van der Waals surface area (Å²) in [6, 6.07) is 0.283. The third-order valence-electron chi connectivity index (χ3n) is 3.66. The summed E-state index contributed by atoms with van der Waals surface area (Å²) in [5.41, 5.74) is -0.407. The van der Waals surface area contributed by atoms with Gasteiger partial charge in [0.05, 0.1) is 0 Å². The second-order valence-corrected chi connectivity index (χ2v) is 6.63. The molecule has 2 unspecified atom stereocenters. The van der Waals surface area contributed by atoms with E-state index in [0.717, 1.165) is 32.5 Å². The van der Waals surface area contributed by atoms with E-state index >= 15 is 0 Å². The number of hydrogen-bond donors (Lipinski definition) is 0. The Morgan fingerprint density at radius 3 is 2.53 bits per heavy atom. The predicted molar refractivity (Wildman–Crippen MR) is 78.2 cm³/mol. The molecule has 4 heteroatoms. The fraction of sp³-hybridized carbons (Fsp3) is 0.933. The summed E-state index contributed by atoms with van der Waals surface area (Å²) in [5, 5.41) is 0. The van der Waals surface area contributed by atoms with Gasteiger partial charge in [0.15, 0.2) is 0 Å². The van der Waals surface area contributed by atoms with E-state index in [1.807, 2.05) is 27.7 Å². The molecule has 4 nitrogen and oxygen atoms in total. The normalized spacial score (nSPS) is 24.8. The summed E-state index contributed by atoms with van der Waals surface area (Å²) >= 11 is 0. The molecule has 0 N–H and O–H groups in total. The van der Waals surface area contributed by atoms with Crippen LogP contribution in [0, 0.1) is 0 Å². The molecule has 0 radical (unpaired) electrons. The number of esters is 1. The van der Waals surface area contributed by atoms with Crippen LogP contribution in [0.1, 0.15) is 47.5 Å². The Morgan fingerprint density at radius 2 is 2.00 bits per heavy atom. The molecular formula is C15H30N2O2. The van der Waals surface area contributed by atoms with Crippen LogP contribution in [0.3, 0.4) is 0 Å². The maximum atomic E-state index is 12.2. The van der Waals surface area contributed by atoms with Gasteiger partial charge in [-0.05, 0) is 54.1 Å². The summed E-state index contributed by atoms with van der Waals surface area (Å²) in [5.74, 6) is -0.101. The molecule has 0 aromatic heterocycles. The van der Waals surface area contributed by atoms with Crippen LogP contribution in [0.4, 0.5) is 0 Å². The minimum atomic E-state index is -0.407. The fourth-order valence-electron chi connectivity index (χ4n) is 2.66. The van der Waals surface area contributed by atoms with Crippen LogP contribution < -0.4 is 0 Å². The van der Waals surface area contributed by atoms with Crippen LogP contribution in [-0.2, 0) is 9.53 Å². The van der Waals surface area contributed by atoms with Gasteiger partial charge in [0, 0.05) is 19.1 Å². The summed E-state index contributed by atoms with van der Waals surface area (Å²) in [6.45, 7) is 13.0. The van der Waals surface area contributed by atoms with Crippen molar-refractivity contribution in [3.63, 3.8) is 0 Å². The van der Waals surface area contributed by atoms with Gasteiger partial charge >= 0.3 is 5.97 Å². The van der Waals surface area contributed by atoms with Gasteiger partial charge in [0.25, 0.3) is 0 Å². The SMILES string of the molecule is CCC1CN(C)CCCN1C(C)C(=O)OC(C)(C)C. The van der Waals surface area contributed by atoms with Crippen molar-refractivity contribution in [2.24, 2.45) is 0 Å². The first-order chi connectivity index (χ1) is 8.74. The Morgan fingerprint density at radius 1 is 1.37 bits per heavy atom. The van der Waals surface area contributed by atoms with Gasteiger partial charge < -0.3 is 9.64 Å². The van der Waals surface area contributed by atoms with Crippen LogP contribution in [-0.4, -0.2) is 60.1 Å². The number of likely N-dealkylation sites (N-methyl/N-ethyl adjacent to an activating group) is 1. The third kappa shape index (κ3) is 5.11. The Kier molecular flexibility index (Phi) is 5.81. The molecule has 1 fully saturated rings. The standard InChI is InChI=1S/C15H30N2O2/c1-7-13-11-16(6)9-8-10-17(13)12(2)14(18)19-15(3,4)5/h12-13H,7-11H2,1-6H3. The van der Waals surface area contributed by atoms with Crippen molar-refractivity contribution in [3.05, 3.63) is 0 Å². The molecule has 1 rings (SSSR count). The topological polar surface area (TPSA) is 32.8 Å². The number of nitrogens with zero attached hydrogens (tertiary/aromatic N) is 2. The summed E-state index contributed by atoms with van der Waals surface area (Å²) in [4.78, 5) is 16.9. The van der Waals surface area contributed by atoms with Crippen LogP contribution in [0.15, 0.2) is 0 Å². The maximum Gasteiger partial charge on any atom is 0.323 e. The molecule has 1 heterocycles. The van der Waals surface area contributed by atoms with Gasteiger partial charge in [-0.15, -0.1) is 0 Å². The van der Waals surface area contributed by atoms with E-state index < -0.39 is 5.60 Å². The number of rotatable bonds is 3. The predicted octanol–water partition coefficient (Wildman–Crippen LogP) is 2.13. The lowest BCUT2D eigenvalue weighted by Gasteiger charge is -2.35. The van der Waals surface area contributed by atoms with Crippen LogP contribution >= 0.6 is 0 Å². The Balaban J connectivity index is 2.72. The third-order valence-corrected chi connectivity index (χ3v) is 3.66. The maximum absolute atomic E-state index is 12.2. The van der Waals surface area contributed by atoms with E-state index in [1.165, 1.54) is 0 Å². The average molecular weight is 270 g/mol. The Labute approximate surface area is 118 Å². The van der Waals surface area contributed by atoms with Gasteiger partial charge in [-0.25, -0.2) is 0 Å².